The monoisotopic (exact) mass is 247 g/mol. The van der Waals surface area contributed by atoms with E-state index in [-0.39, 0.29) is 0 Å². The zero-order valence-electron chi connectivity index (χ0n) is 10.2. The first-order chi connectivity index (χ1) is 7.95. The summed E-state index contributed by atoms with van der Waals surface area (Å²) < 4.78 is 0. The fourth-order valence-electron chi connectivity index (χ4n) is 0.969. The predicted octanol–water partition coefficient (Wildman–Crippen LogP) is -2.43. The molecule has 7 heteroatoms. The van der Waals surface area contributed by atoms with Crippen LogP contribution in [0.15, 0.2) is 0 Å². The van der Waals surface area contributed by atoms with Crippen LogP contribution in [0.25, 0.3) is 0 Å². The largest absolute Gasteiger partial charge is 0.384 e. The highest BCUT2D eigenvalue weighted by atomic mass is 16.3. The molecule has 0 radical (unpaired) electrons. The van der Waals surface area contributed by atoms with E-state index in [1.165, 1.54) is 13.8 Å². The quantitative estimate of drug-likeness (QED) is 0.306. The first-order valence-corrected chi connectivity index (χ1v) is 5.57. The van der Waals surface area contributed by atoms with Crippen molar-refractivity contribution in [3.8, 4) is 0 Å². The van der Waals surface area contributed by atoms with Crippen LogP contribution in [0, 0.1) is 0 Å². The lowest BCUT2D eigenvalue weighted by molar-refractivity contribution is -0.128. The zero-order chi connectivity index (χ0) is 13.3. The molecule has 17 heavy (non-hydrogen) atoms. The molecular weight excluding hydrogens is 226 g/mol. The van der Waals surface area contributed by atoms with E-state index in [1.54, 1.807) is 0 Å². The molecule has 100 valence electrons. The first kappa shape index (κ1) is 15.8. The molecule has 0 aliphatic heterocycles. The van der Waals surface area contributed by atoms with Crippen molar-refractivity contribution in [2.75, 3.05) is 26.2 Å². The van der Waals surface area contributed by atoms with Gasteiger partial charge in [0, 0.05) is 26.2 Å². The van der Waals surface area contributed by atoms with E-state index in [2.05, 4.69) is 16.0 Å². The maximum atomic E-state index is 10.9. The van der Waals surface area contributed by atoms with Crippen LogP contribution >= 0.6 is 0 Å². The lowest BCUT2D eigenvalue weighted by atomic mass is 10.4. The first-order valence-electron chi connectivity index (χ1n) is 5.57. The van der Waals surface area contributed by atoms with Crippen LogP contribution in [0.5, 0.6) is 0 Å². The summed E-state index contributed by atoms with van der Waals surface area (Å²) in [5.41, 5.74) is 0. The summed E-state index contributed by atoms with van der Waals surface area (Å²) in [5.74, 6) is -0.816. The lowest BCUT2D eigenvalue weighted by Crippen LogP contribution is -2.40. The molecule has 0 saturated heterocycles. The molecule has 5 N–H and O–H groups in total. The summed E-state index contributed by atoms with van der Waals surface area (Å²) in [6, 6.07) is 0. The molecule has 2 amide bonds. The second kappa shape index (κ2) is 8.91. The van der Waals surface area contributed by atoms with Crippen LogP contribution in [0.2, 0.25) is 0 Å². The molecule has 0 aliphatic carbocycles. The predicted molar refractivity (Wildman–Crippen MR) is 62.3 cm³/mol. The van der Waals surface area contributed by atoms with Gasteiger partial charge in [0.2, 0.25) is 11.8 Å². The molecule has 0 heterocycles. The maximum Gasteiger partial charge on any atom is 0.248 e. The van der Waals surface area contributed by atoms with E-state index in [4.69, 9.17) is 10.2 Å². The third-order valence-electron chi connectivity index (χ3n) is 1.96. The van der Waals surface area contributed by atoms with Crippen LogP contribution < -0.4 is 16.0 Å². The highest BCUT2D eigenvalue weighted by Gasteiger charge is 2.07. The molecule has 0 aromatic rings. The number of nitrogens with one attached hydrogen (secondary N) is 3. The summed E-state index contributed by atoms with van der Waals surface area (Å²) in [7, 11) is 0. The highest BCUT2D eigenvalue weighted by Crippen LogP contribution is 1.78. The van der Waals surface area contributed by atoms with E-state index < -0.39 is 24.0 Å². The Morgan fingerprint density at radius 3 is 1.53 bits per heavy atom. The van der Waals surface area contributed by atoms with Gasteiger partial charge in [-0.05, 0) is 13.8 Å². The minimum Gasteiger partial charge on any atom is -0.384 e. The molecule has 0 bridgehead atoms. The average Bonchev–Trinajstić information content (AvgIpc) is 2.26. The van der Waals surface area contributed by atoms with Crippen molar-refractivity contribution in [2.24, 2.45) is 0 Å². The fourth-order valence-corrected chi connectivity index (χ4v) is 0.969. The average molecular weight is 247 g/mol. The van der Waals surface area contributed by atoms with E-state index in [0.29, 0.717) is 26.2 Å². The molecular formula is C10H21N3O4. The Morgan fingerprint density at radius 1 is 0.882 bits per heavy atom. The van der Waals surface area contributed by atoms with Gasteiger partial charge in [-0.2, -0.15) is 0 Å². The Bertz CT molecular complexity index is 220. The van der Waals surface area contributed by atoms with Gasteiger partial charge in [-0.3, -0.25) is 9.59 Å². The van der Waals surface area contributed by atoms with Crippen molar-refractivity contribution in [2.45, 2.75) is 26.1 Å². The number of carbonyl (C=O) groups excluding carboxylic acids is 2. The molecule has 0 spiro atoms. The van der Waals surface area contributed by atoms with E-state index in [9.17, 15) is 9.59 Å². The number of amides is 2. The van der Waals surface area contributed by atoms with Crippen molar-refractivity contribution >= 4 is 11.8 Å². The van der Waals surface area contributed by atoms with Gasteiger partial charge in [0.25, 0.3) is 0 Å². The highest BCUT2D eigenvalue weighted by molar-refractivity contribution is 5.80. The number of hydrogen-bond acceptors (Lipinski definition) is 5. The molecule has 2 unspecified atom stereocenters. The van der Waals surface area contributed by atoms with Crippen molar-refractivity contribution in [1.29, 1.82) is 0 Å². The van der Waals surface area contributed by atoms with Gasteiger partial charge in [-0.1, -0.05) is 0 Å². The van der Waals surface area contributed by atoms with Gasteiger partial charge < -0.3 is 26.2 Å². The van der Waals surface area contributed by atoms with Crippen molar-refractivity contribution in [3.63, 3.8) is 0 Å². The molecule has 0 aliphatic rings. The van der Waals surface area contributed by atoms with Gasteiger partial charge >= 0.3 is 0 Å². The number of aliphatic hydroxyl groups is 2. The van der Waals surface area contributed by atoms with Crippen molar-refractivity contribution in [3.05, 3.63) is 0 Å². The summed E-state index contributed by atoms with van der Waals surface area (Å²) in [6.07, 6.45) is -2.00. The SMILES string of the molecule is CC(O)C(=O)NCCNCCNC(=O)C(C)O. The smallest absolute Gasteiger partial charge is 0.248 e. The minimum atomic E-state index is -1.000. The molecule has 0 aromatic carbocycles. The Balaban J connectivity index is 3.30. The summed E-state index contributed by atoms with van der Waals surface area (Å²) in [5, 5.41) is 25.8. The van der Waals surface area contributed by atoms with Gasteiger partial charge in [0.05, 0.1) is 0 Å². The fraction of sp³-hybridized carbons (Fsp3) is 0.800. The van der Waals surface area contributed by atoms with Gasteiger partial charge in [-0.25, -0.2) is 0 Å². The van der Waals surface area contributed by atoms with Crippen molar-refractivity contribution < 1.29 is 19.8 Å². The Hall–Kier alpha value is -1.18. The lowest BCUT2D eigenvalue weighted by Gasteiger charge is -2.09. The summed E-state index contributed by atoms with van der Waals surface area (Å²) in [4.78, 5) is 21.8. The van der Waals surface area contributed by atoms with Crippen LogP contribution in [-0.2, 0) is 9.59 Å². The zero-order valence-corrected chi connectivity index (χ0v) is 10.2. The van der Waals surface area contributed by atoms with Crippen LogP contribution in [0.3, 0.4) is 0 Å². The molecule has 7 nitrogen and oxygen atoms in total. The van der Waals surface area contributed by atoms with Crippen LogP contribution in [-0.4, -0.2) is 60.4 Å². The molecule has 0 saturated carbocycles. The summed E-state index contributed by atoms with van der Waals surface area (Å²) in [6.45, 7) is 4.71. The normalized spacial score (nSPS) is 13.9. The second-order valence-corrected chi connectivity index (χ2v) is 3.68. The Morgan fingerprint density at radius 2 is 1.24 bits per heavy atom. The Labute approximate surface area is 101 Å². The van der Waals surface area contributed by atoms with Gasteiger partial charge in [-0.15, -0.1) is 0 Å². The van der Waals surface area contributed by atoms with Crippen LogP contribution in [0.4, 0.5) is 0 Å². The van der Waals surface area contributed by atoms with E-state index in [1.807, 2.05) is 0 Å². The maximum absolute atomic E-state index is 10.9. The minimum absolute atomic E-state index is 0.408. The Kier molecular flexibility index (Phi) is 8.29. The number of hydrogen-bond donors (Lipinski definition) is 5. The topological polar surface area (TPSA) is 111 Å². The van der Waals surface area contributed by atoms with Gasteiger partial charge in [0.15, 0.2) is 0 Å². The molecule has 0 fully saturated rings. The number of rotatable bonds is 8. The molecule has 0 rings (SSSR count). The van der Waals surface area contributed by atoms with Crippen molar-refractivity contribution in [1.82, 2.24) is 16.0 Å². The molecule has 0 aromatic heterocycles. The van der Waals surface area contributed by atoms with E-state index >= 15 is 0 Å². The second-order valence-electron chi connectivity index (χ2n) is 3.68. The third kappa shape index (κ3) is 8.61. The molecule has 2 atom stereocenters. The number of aliphatic hydroxyl groups excluding tert-OH is 2. The van der Waals surface area contributed by atoms with E-state index in [0.717, 1.165) is 0 Å². The standard InChI is InChI=1S/C10H21N3O4/c1-7(14)9(16)12-5-3-11-4-6-13-10(17)8(2)15/h7-8,11,14-15H,3-6H2,1-2H3,(H,12,16)(H,13,17). The third-order valence-corrected chi connectivity index (χ3v) is 1.96. The summed E-state index contributed by atoms with van der Waals surface area (Å²) >= 11 is 0. The van der Waals surface area contributed by atoms with Gasteiger partial charge in [0.1, 0.15) is 12.2 Å². The van der Waals surface area contributed by atoms with Crippen LogP contribution in [0.1, 0.15) is 13.8 Å². The number of carbonyl (C=O) groups is 2.